The Hall–Kier alpha value is -1.64. The molecule has 2 atom stereocenters. The quantitative estimate of drug-likeness (QED) is 0.737. The van der Waals surface area contributed by atoms with E-state index in [9.17, 15) is 13.2 Å². The van der Waals surface area contributed by atoms with Crippen molar-refractivity contribution < 1.29 is 22.8 Å². The van der Waals surface area contributed by atoms with Gasteiger partial charge in [0, 0.05) is 24.7 Å². The number of carbonyl (C=O) groups is 1. The molecule has 2 heterocycles. The Kier molecular flexibility index (Phi) is 6.95. The minimum Gasteiger partial charge on any atom is -0.495 e. The van der Waals surface area contributed by atoms with Crippen molar-refractivity contribution in [1.29, 1.82) is 0 Å². The van der Waals surface area contributed by atoms with Gasteiger partial charge in [-0.05, 0) is 43.9 Å². The number of sulfonamides is 1. The molecule has 28 heavy (non-hydrogen) atoms. The number of carbonyl (C=O) groups excluding carboxylic acids is 1. The van der Waals surface area contributed by atoms with Crippen LogP contribution in [0.1, 0.15) is 39.0 Å². The van der Waals surface area contributed by atoms with Gasteiger partial charge in [0.2, 0.25) is 10.0 Å². The van der Waals surface area contributed by atoms with Gasteiger partial charge in [-0.3, -0.25) is 4.79 Å². The highest BCUT2D eigenvalue weighted by Gasteiger charge is 2.29. The van der Waals surface area contributed by atoms with Gasteiger partial charge in [-0.25, -0.2) is 8.42 Å². The van der Waals surface area contributed by atoms with Gasteiger partial charge in [0.05, 0.1) is 20.2 Å². The number of hydrogen-bond acceptors (Lipinski definition) is 4. The van der Waals surface area contributed by atoms with Crippen molar-refractivity contribution in [3.63, 3.8) is 0 Å². The van der Waals surface area contributed by atoms with Crippen LogP contribution in [0.4, 0.5) is 5.69 Å². The third kappa shape index (κ3) is 5.04. The number of quaternary nitrogens is 1. The molecule has 7 nitrogen and oxygen atoms in total. The number of benzene rings is 1. The molecular formula is C20H32N3O4S+. The SMILES string of the molecule is COc1ccc(NC(=O)C[NH+]2CCC[C@H](C)C2)cc1S(=O)(=O)N1CCCCC1. The zero-order valence-corrected chi connectivity index (χ0v) is 17.7. The molecule has 0 saturated carbocycles. The van der Waals surface area contributed by atoms with E-state index in [1.165, 1.54) is 28.8 Å². The van der Waals surface area contributed by atoms with Crippen LogP contribution >= 0.6 is 0 Å². The Balaban J connectivity index is 1.74. The lowest BCUT2D eigenvalue weighted by Gasteiger charge is -2.27. The molecule has 1 aromatic carbocycles. The van der Waals surface area contributed by atoms with Crippen LogP contribution in [0.15, 0.2) is 23.1 Å². The number of anilines is 1. The molecule has 0 aliphatic carbocycles. The largest absolute Gasteiger partial charge is 0.495 e. The summed E-state index contributed by atoms with van der Waals surface area (Å²) in [5.41, 5.74) is 0.492. The summed E-state index contributed by atoms with van der Waals surface area (Å²) >= 11 is 0. The Morgan fingerprint density at radius 1 is 1.25 bits per heavy atom. The van der Waals surface area contributed by atoms with Gasteiger partial charge in [0.15, 0.2) is 6.54 Å². The van der Waals surface area contributed by atoms with Gasteiger partial charge in [0.25, 0.3) is 5.91 Å². The van der Waals surface area contributed by atoms with Gasteiger partial charge in [-0.1, -0.05) is 13.3 Å². The maximum Gasteiger partial charge on any atom is 0.279 e. The highest BCUT2D eigenvalue weighted by molar-refractivity contribution is 7.89. The summed E-state index contributed by atoms with van der Waals surface area (Å²) in [5.74, 6) is 0.855. The van der Waals surface area contributed by atoms with E-state index < -0.39 is 10.0 Å². The fourth-order valence-corrected chi connectivity index (χ4v) is 5.89. The van der Waals surface area contributed by atoms with Crippen LogP contribution in [-0.2, 0) is 14.8 Å². The maximum atomic E-state index is 13.1. The molecule has 1 aromatic rings. The number of hydrogen-bond donors (Lipinski definition) is 2. The number of likely N-dealkylation sites (tertiary alicyclic amines) is 1. The number of amides is 1. The second-order valence-corrected chi connectivity index (χ2v) is 9.91. The molecule has 2 aliphatic rings. The lowest BCUT2D eigenvalue weighted by atomic mass is 10.0. The Labute approximate surface area is 168 Å². The number of nitrogens with zero attached hydrogens (tertiary/aromatic N) is 1. The second kappa shape index (κ2) is 9.24. The minimum absolute atomic E-state index is 0.0874. The van der Waals surface area contributed by atoms with Gasteiger partial charge in [-0.15, -0.1) is 0 Å². The van der Waals surface area contributed by atoms with Crippen molar-refractivity contribution >= 4 is 21.6 Å². The molecule has 0 spiro atoms. The molecule has 0 aromatic heterocycles. The predicted molar refractivity (Wildman–Crippen MR) is 108 cm³/mol. The van der Waals surface area contributed by atoms with Crippen LogP contribution in [0.5, 0.6) is 5.75 Å². The zero-order chi connectivity index (χ0) is 20.1. The van der Waals surface area contributed by atoms with E-state index >= 15 is 0 Å². The molecule has 1 amide bonds. The number of methoxy groups -OCH3 is 1. The van der Waals surface area contributed by atoms with Crippen molar-refractivity contribution in [3.8, 4) is 5.75 Å². The third-order valence-electron chi connectivity index (χ3n) is 5.66. The lowest BCUT2D eigenvalue weighted by Crippen LogP contribution is -3.14. The normalized spacial score (nSPS) is 23.9. The Bertz CT molecular complexity index is 791. The van der Waals surface area contributed by atoms with Crippen LogP contribution in [0.2, 0.25) is 0 Å². The highest BCUT2D eigenvalue weighted by Crippen LogP contribution is 2.31. The average Bonchev–Trinajstić information content (AvgIpc) is 2.68. The van der Waals surface area contributed by atoms with E-state index in [2.05, 4.69) is 12.2 Å². The maximum absolute atomic E-state index is 13.1. The molecule has 2 saturated heterocycles. The summed E-state index contributed by atoms with van der Waals surface area (Å²) in [4.78, 5) is 13.9. The molecular weight excluding hydrogens is 378 g/mol. The first-order chi connectivity index (χ1) is 13.4. The Morgan fingerprint density at radius 2 is 2.00 bits per heavy atom. The summed E-state index contributed by atoms with van der Waals surface area (Å²) in [6, 6.07) is 4.83. The van der Waals surface area contributed by atoms with Gasteiger partial charge < -0.3 is 15.0 Å². The fraction of sp³-hybridized carbons (Fsp3) is 0.650. The van der Waals surface area contributed by atoms with Crippen molar-refractivity contribution in [2.45, 2.75) is 43.9 Å². The number of nitrogens with one attached hydrogen (secondary N) is 2. The van der Waals surface area contributed by atoms with E-state index in [4.69, 9.17) is 4.74 Å². The van der Waals surface area contributed by atoms with E-state index in [-0.39, 0.29) is 10.8 Å². The predicted octanol–water partition coefficient (Wildman–Crippen LogP) is 1.12. The topological polar surface area (TPSA) is 80.1 Å². The standard InChI is InChI=1S/C20H31N3O4S/c1-16-7-6-10-22(14-16)15-20(24)21-17-8-9-18(27-2)19(13-17)28(25,26)23-11-4-3-5-12-23/h8-9,13,16H,3-7,10-12,14-15H2,1-2H3,(H,21,24)/p+1/t16-/m0/s1. The lowest BCUT2D eigenvalue weighted by molar-refractivity contribution is -0.900. The number of ether oxygens (including phenoxy) is 1. The second-order valence-electron chi connectivity index (χ2n) is 8.01. The smallest absolute Gasteiger partial charge is 0.279 e. The fourth-order valence-electron chi connectivity index (χ4n) is 4.19. The van der Waals surface area contributed by atoms with Gasteiger partial charge >= 0.3 is 0 Å². The molecule has 0 radical (unpaired) electrons. The number of piperidine rings is 2. The summed E-state index contributed by atoms with van der Waals surface area (Å²) in [6.45, 7) is 5.69. The molecule has 0 bridgehead atoms. The molecule has 156 valence electrons. The van der Waals surface area contributed by atoms with Crippen molar-refractivity contribution in [2.24, 2.45) is 5.92 Å². The van der Waals surface area contributed by atoms with Crippen molar-refractivity contribution in [1.82, 2.24) is 4.31 Å². The first-order valence-corrected chi connectivity index (χ1v) is 11.7. The van der Waals surface area contributed by atoms with E-state index in [0.29, 0.717) is 37.0 Å². The summed E-state index contributed by atoms with van der Waals surface area (Å²) in [7, 11) is -2.18. The molecule has 2 aliphatic heterocycles. The van der Waals surface area contributed by atoms with E-state index in [0.717, 1.165) is 38.8 Å². The monoisotopic (exact) mass is 410 g/mol. The summed E-state index contributed by atoms with van der Waals surface area (Å²) in [5, 5.41) is 2.87. The first-order valence-electron chi connectivity index (χ1n) is 10.2. The van der Waals surface area contributed by atoms with Crippen LogP contribution < -0.4 is 15.0 Å². The average molecular weight is 411 g/mol. The third-order valence-corrected chi connectivity index (χ3v) is 7.58. The molecule has 8 heteroatoms. The van der Waals surface area contributed by atoms with Gasteiger partial charge in [0.1, 0.15) is 10.6 Å². The molecule has 1 unspecified atom stereocenters. The van der Waals surface area contributed by atoms with E-state index in [1.807, 2.05) is 0 Å². The van der Waals surface area contributed by atoms with Crippen LogP contribution in [0, 0.1) is 5.92 Å². The van der Waals surface area contributed by atoms with Crippen LogP contribution in [0.25, 0.3) is 0 Å². The van der Waals surface area contributed by atoms with Gasteiger partial charge in [-0.2, -0.15) is 4.31 Å². The first kappa shape index (κ1) is 21.1. The van der Waals surface area contributed by atoms with Crippen LogP contribution in [0.3, 0.4) is 0 Å². The van der Waals surface area contributed by atoms with Crippen molar-refractivity contribution in [2.75, 3.05) is 45.2 Å². The highest BCUT2D eigenvalue weighted by atomic mass is 32.2. The van der Waals surface area contributed by atoms with Crippen molar-refractivity contribution in [3.05, 3.63) is 18.2 Å². The molecule has 3 rings (SSSR count). The minimum atomic E-state index is -3.65. The Morgan fingerprint density at radius 3 is 2.68 bits per heavy atom. The molecule has 2 N–H and O–H groups in total. The zero-order valence-electron chi connectivity index (χ0n) is 16.9. The van der Waals surface area contributed by atoms with E-state index in [1.54, 1.807) is 12.1 Å². The summed E-state index contributed by atoms with van der Waals surface area (Å²) < 4.78 is 33.0. The number of rotatable bonds is 6. The van der Waals surface area contributed by atoms with Crippen LogP contribution in [-0.4, -0.2) is 58.5 Å². The summed E-state index contributed by atoms with van der Waals surface area (Å²) in [6.07, 6.45) is 5.16. The molecule has 2 fully saturated rings.